The predicted octanol–water partition coefficient (Wildman–Crippen LogP) is 2.27. The van der Waals surface area contributed by atoms with Gasteiger partial charge in [-0.05, 0) is 24.6 Å². The fourth-order valence-electron chi connectivity index (χ4n) is 2.24. The highest BCUT2D eigenvalue weighted by Crippen LogP contribution is 2.36. The quantitative estimate of drug-likeness (QED) is 0.350. The van der Waals surface area contributed by atoms with Crippen molar-refractivity contribution in [3.63, 3.8) is 0 Å². The van der Waals surface area contributed by atoms with Gasteiger partial charge in [-0.1, -0.05) is 36.7 Å². The summed E-state index contributed by atoms with van der Waals surface area (Å²) in [5.41, 5.74) is 0. The molecule has 1 rings (SSSR count). The van der Waals surface area contributed by atoms with E-state index in [0.29, 0.717) is 25.0 Å². The molecule has 144 valence electrons. The first kappa shape index (κ1) is 22.5. The lowest BCUT2D eigenvalue weighted by molar-refractivity contribution is -0.292. The van der Waals surface area contributed by atoms with Gasteiger partial charge in [-0.15, -0.1) is 0 Å². The van der Waals surface area contributed by atoms with Crippen molar-refractivity contribution in [1.29, 1.82) is 0 Å². The number of halogens is 1. The van der Waals surface area contributed by atoms with Crippen LogP contribution in [-0.4, -0.2) is 74.9 Å². The molecular formula is C16H33BrO6Si. The fourth-order valence-corrected chi connectivity index (χ4v) is 3.87. The molecule has 0 amide bonds. The van der Waals surface area contributed by atoms with Gasteiger partial charge in [0.1, 0.15) is 18.3 Å². The van der Waals surface area contributed by atoms with Gasteiger partial charge in [0.15, 0.2) is 14.6 Å². The predicted molar refractivity (Wildman–Crippen MR) is 99.0 cm³/mol. The first-order chi connectivity index (χ1) is 11.0. The number of hydrogen-bond donors (Lipinski definition) is 2. The largest absolute Gasteiger partial charge is 0.417 e. The van der Waals surface area contributed by atoms with E-state index >= 15 is 0 Å². The van der Waals surface area contributed by atoms with Gasteiger partial charge in [-0.25, -0.2) is 0 Å². The normalized spacial score (nSPS) is 32.1. The maximum atomic E-state index is 10.3. The molecule has 0 bridgehead atoms. The lowest BCUT2D eigenvalue weighted by Gasteiger charge is -2.41. The Morgan fingerprint density at radius 3 is 2.25 bits per heavy atom. The summed E-state index contributed by atoms with van der Waals surface area (Å²) in [6, 6.07) is 0. The van der Waals surface area contributed by atoms with Crippen molar-refractivity contribution in [2.45, 2.75) is 76.0 Å². The van der Waals surface area contributed by atoms with E-state index in [0.717, 1.165) is 0 Å². The van der Waals surface area contributed by atoms with Gasteiger partial charge >= 0.3 is 0 Å². The van der Waals surface area contributed by atoms with E-state index in [1.807, 2.05) is 0 Å². The van der Waals surface area contributed by atoms with Crippen LogP contribution in [0, 0.1) is 0 Å². The average molecular weight is 429 g/mol. The molecule has 0 radical (unpaired) electrons. The van der Waals surface area contributed by atoms with Crippen LogP contribution in [0.3, 0.4) is 0 Å². The second-order valence-electron chi connectivity index (χ2n) is 7.71. The van der Waals surface area contributed by atoms with E-state index in [1.165, 1.54) is 7.11 Å². The highest BCUT2D eigenvalue weighted by Gasteiger charge is 2.45. The van der Waals surface area contributed by atoms with Crippen molar-refractivity contribution >= 4 is 24.2 Å². The summed E-state index contributed by atoms with van der Waals surface area (Å²) in [4.78, 5) is 0. The molecule has 5 atom stereocenters. The van der Waals surface area contributed by atoms with Crippen LogP contribution >= 0.6 is 15.9 Å². The highest BCUT2D eigenvalue weighted by molar-refractivity contribution is 9.09. The maximum Gasteiger partial charge on any atom is 0.191 e. The smallest absolute Gasteiger partial charge is 0.191 e. The third kappa shape index (κ3) is 5.74. The summed E-state index contributed by atoms with van der Waals surface area (Å²) in [7, 11) is -0.296. The van der Waals surface area contributed by atoms with Crippen molar-refractivity contribution in [1.82, 2.24) is 0 Å². The minimum atomic E-state index is -1.76. The van der Waals surface area contributed by atoms with E-state index < -0.39 is 39.0 Å². The highest BCUT2D eigenvalue weighted by atomic mass is 79.9. The van der Waals surface area contributed by atoms with Gasteiger partial charge in [-0.2, -0.15) is 0 Å². The standard InChI is InChI=1S/C16H33BrO6Si/c1-16(2,3)24(5,6)22-9-7-8-21-14-12(18)11(10-17)23-15(20-4)13(14)19/h11-15,18-19H,7-10H2,1-6H3/t11-,12-,13+,14-,15+/m1/s1. The van der Waals surface area contributed by atoms with Gasteiger partial charge in [-0.3, -0.25) is 0 Å². The van der Waals surface area contributed by atoms with Crippen molar-refractivity contribution in [3.05, 3.63) is 0 Å². The van der Waals surface area contributed by atoms with Gasteiger partial charge in [0, 0.05) is 25.7 Å². The summed E-state index contributed by atoms with van der Waals surface area (Å²) in [5.74, 6) is 0. The first-order valence-corrected chi connectivity index (χ1v) is 12.4. The third-order valence-corrected chi connectivity index (χ3v) is 10.1. The Morgan fingerprint density at radius 2 is 1.75 bits per heavy atom. The molecule has 0 unspecified atom stereocenters. The second kappa shape index (κ2) is 9.41. The fraction of sp³-hybridized carbons (Fsp3) is 1.00. The van der Waals surface area contributed by atoms with Gasteiger partial charge in [0.05, 0.1) is 6.10 Å². The number of aliphatic hydroxyl groups excluding tert-OH is 2. The third-order valence-electron chi connectivity index (χ3n) is 4.89. The van der Waals surface area contributed by atoms with Gasteiger partial charge in [0.25, 0.3) is 0 Å². The number of rotatable bonds is 8. The first-order valence-electron chi connectivity index (χ1n) is 8.41. The lowest BCUT2D eigenvalue weighted by atomic mass is 9.99. The van der Waals surface area contributed by atoms with E-state index in [4.69, 9.17) is 18.6 Å². The molecule has 0 aromatic carbocycles. The number of ether oxygens (including phenoxy) is 3. The molecule has 1 heterocycles. The van der Waals surface area contributed by atoms with Crippen molar-refractivity contribution < 1.29 is 28.8 Å². The molecule has 24 heavy (non-hydrogen) atoms. The maximum absolute atomic E-state index is 10.3. The number of aliphatic hydroxyl groups is 2. The van der Waals surface area contributed by atoms with Crippen LogP contribution in [0.2, 0.25) is 18.1 Å². The molecule has 0 saturated carbocycles. The van der Waals surface area contributed by atoms with Crippen molar-refractivity contribution in [2.24, 2.45) is 0 Å². The van der Waals surface area contributed by atoms with Crippen LogP contribution in [0.5, 0.6) is 0 Å². The van der Waals surface area contributed by atoms with Crippen LogP contribution in [0.1, 0.15) is 27.2 Å². The molecule has 1 saturated heterocycles. The summed E-state index contributed by atoms with van der Waals surface area (Å²) in [6.45, 7) is 12.1. The second-order valence-corrected chi connectivity index (χ2v) is 13.2. The summed E-state index contributed by atoms with van der Waals surface area (Å²) >= 11 is 3.30. The number of hydrogen-bond acceptors (Lipinski definition) is 6. The molecule has 6 nitrogen and oxygen atoms in total. The Morgan fingerprint density at radius 1 is 1.12 bits per heavy atom. The van der Waals surface area contributed by atoms with Gasteiger partial charge < -0.3 is 28.8 Å². The Hall–Kier alpha value is 0.457. The van der Waals surface area contributed by atoms with Crippen LogP contribution in [0.4, 0.5) is 0 Å². The molecule has 1 fully saturated rings. The van der Waals surface area contributed by atoms with Crippen molar-refractivity contribution in [3.8, 4) is 0 Å². The monoisotopic (exact) mass is 428 g/mol. The molecule has 0 aromatic heterocycles. The minimum absolute atomic E-state index is 0.176. The lowest BCUT2D eigenvalue weighted by Crippen LogP contribution is -2.59. The zero-order valence-electron chi connectivity index (χ0n) is 15.6. The van der Waals surface area contributed by atoms with E-state index in [9.17, 15) is 10.2 Å². The molecule has 0 aliphatic carbocycles. The van der Waals surface area contributed by atoms with E-state index in [1.54, 1.807) is 0 Å². The molecule has 0 aromatic rings. The molecular weight excluding hydrogens is 396 g/mol. The molecule has 0 spiro atoms. The number of alkyl halides is 1. The van der Waals surface area contributed by atoms with Gasteiger partial charge in [0.2, 0.25) is 0 Å². The van der Waals surface area contributed by atoms with E-state index in [-0.39, 0.29) is 5.04 Å². The van der Waals surface area contributed by atoms with Crippen LogP contribution in [-0.2, 0) is 18.6 Å². The van der Waals surface area contributed by atoms with Crippen molar-refractivity contribution in [2.75, 3.05) is 25.7 Å². The topological polar surface area (TPSA) is 77.4 Å². The zero-order valence-corrected chi connectivity index (χ0v) is 18.2. The number of methoxy groups -OCH3 is 1. The van der Waals surface area contributed by atoms with Crippen LogP contribution < -0.4 is 0 Å². The Balaban J connectivity index is 2.45. The Bertz CT molecular complexity index is 360. The summed E-state index contributed by atoms with van der Waals surface area (Å²) in [5, 5.41) is 21.1. The molecule has 1 aliphatic rings. The Labute approximate surface area is 155 Å². The molecule has 8 heteroatoms. The van der Waals surface area contributed by atoms with Crippen LogP contribution in [0.15, 0.2) is 0 Å². The Kier molecular flexibility index (Phi) is 8.82. The minimum Gasteiger partial charge on any atom is -0.417 e. The molecule has 1 aliphatic heterocycles. The average Bonchev–Trinajstić information content (AvgIpc) is 2.49. The van der Waals surface area contributed by atoms with Crippen LogP contribution in [0.25, 0.3) is 0 Å². The summed E-state index contributed by atoms with van der Waals surface area (Å²) in [6.07, 6.45) is -3.25. The molecule has 2 N–H and O–H groups in total. The summed E-state index contributed by atoms with van der Waals surface area (Å²) < 4.78 is 22.4. The zero-order chi connectivity index (χ0) is 18.5. The SMILES string of the molecule is CO[C@H]1O[C@H](CBr)[C@@H](O)[C@@H](OCCCO[Si](C)(C)C(C)(C)C)[C@@H]1O. The van der Waals surface area contributed by atoms with E-state index in [2.05, 4.69) is 49.8 Å².